The van der Waals surface area contributed by atoms with Gasteiger partial charge in [-0.3, -0.25) is 4.79 Å². The lowest BCUT2D eigenvalue weighted by molar-refractivity contribution is -0.150. The lowest BCUT2D eigenvalue weighted by Crippen LogP contribution is -2.31. The zero-order chi connectivity index (χ0) is 14.0. The average Bonchev–Trinajstić information content (AvgIpc) is 2.36. The largest absolute Gasteiger partial charge is 0.492 e. The number of carbonyl (C=O) groups is 1. The van der Waals surface area contributed by atoms with Gasteiger partial charge in [0.05, 0.1) is 18.1 Å². The van der Waals surface area contributed by atoms with Crippen molar-refractivity contribution in [3.63, 3.8) is 0 Å². The van der Waals surface area contributed by atoms with E-state index in [0.717, 1.165) is 6.07 Å². The topological polar surface area (TPSA) is 35.5 Å². The second-order valence-electron chi connectivity index (χ2n) is 4.24. The van der Waals surface area contributed by atoms with E-state index < -0.39 is 23.6 Å². The van der Waals surface area contributed by atoms with Crippen molar-refractivity contribution in [1.82, 2.24) is 0 Å². The second-order valence-corrected chi connectivity index (χ2v) is 4.24. The van der Waals surface area contributed by atoms with Gasteiger partial charge in [0.1, 0.15) is 12.4 Å². The van der Waals surface area contributed by atoms with Gasteiger partial charge in [-0.05, 0) is 25.5 Å². The molecule has 0 bridgehead atoms. The minimum atomic E-state index is -4.45. The molecule has 104 valence electrons. The molecule has 0 aliphatic carbocycles. The van der Waals surface area contributed by atoms with Gasteiger partial charge in [0.2, 0.25) is 0 Å². The maximum absolute atomic E-state index is 12.9. The monoisotopic (exact) mass is 274 g/mol. The van der Waals surface area contributed by atoms with E-state index in [2.05, 4.69) is 0 Å². The number of fused-ring (bicyclic) bond motifs is 1. The molecule has 1 atom stereocenters. The third-order valence-electron chi connectivity index (χ3n) is 2.95. The number of hydrogen-bond donors (Lipinski definition) is 0. The molecule has 1 aromatic rings. The van der Waals surface area contributed by atoms with Crippen molar-refractivity contribution in [3.05, 3.63) is 29.3 Å². The summed E-state index contributed by atoms with van der Waals surface area (Å²) in [5, 5.41) is 0. The summed E-state index contributed by atoms with van der Waals surface area (Å²) < 4.78 is 48.7. The fraction of sp³-hybridized carbons (Fsp3) is 0.462. The Balaban J connectivity index is 2.30. The van der Waals surface area contributed by atoms with Crippen LogP contribution >= 0.6 is 0 Å². The zero-order valence-electron chi connectivity index (χ0n) is 10.3. The Hall–Kier alpha value is -1.72. The van der Waals surface area contributed by atoms with Gasteiger partial charge in [0.25, 0.3) is 0 Å². The van der Waals surface area contributed by atoms with Crippen LogP contribution in [0.4, 0.5) is 13.2 Å². The summed E-state index contributed by atoms with van der Waals surface area (Å²) in [6.07, 6.45) is -4.46. The molecule has 0 saturated heterocycles. The van der Waals surface area contributed by atoms with Crippen LogP contribution in [0.25, 0.3) is 0 Å². The van der Waals surface area contributed by atoms with Crippen LogP contribution in [0.3, 0.4) is 0 Å². The van der Waals surface area contributed by atoms with Crippen LogP contribution in [0.2, 0.25) is 0 Å². The average molecular weight is 274 g/mol. The van der Waals surface area contributed by atoms with Crippen LogP contribution in [0.15, 0.2) is 18.2 Å². The molecular formula is C13H13F3O3. The molecule has 1 unspecified atom stereocenters. The molecule has 0 fully saturated rings. The number of halogens is 3. The molecule has 0 N–H and O–H groups in total. The van der Waals surface area contributed by atoms with E-state index in [0.29, 0.717) is 0 Å². The van der Waals surface area contributed by atoms with Gasteiger partial charge in [-0.2, -0.15) is 13.2 Å². The first-order chi connectivity index (χ1) is 8.93. The second kappa shape index (κ2) is 5.11. The fourth-order valence-corrected chi connectivity index (χ4v) is 2.08. The summed E-state index contributed by atoms with van der Waals surface area (Å²) >= 11 is 0. The summed E-state index contributed by atoms with van der Waals surface area (Å²) in [7, 11) is 0. The number of ether oxygens (including phenoxy) is 2. The maximum atomic E-state index is 12.9. The van der Waals surface area contributed by atoms with Gasteiger partial charge in [-0.25, -0.2) is 0 Å². The van der Waals surface area contributed by atoms with E-state index in [1.807, 2.05) is 0 Å². The summed E-state index contributed by atoms with van der Waals surface area (Å²) in [5.74, 6) is -1.02. The molecule has 3 nitrogen and oxygen atoms in total. The minimum Gasteiger partial charge on any atom is -0.492 e. The van der Waals surface area contributed by atoms with Crippen molar-refractivity contribution in [2.24, 2.45) is 5.92 Å². The lowest BCUT2D eigenvalue weighted by Gasteiger charge is -2.26. The molecule has 0 radical (unpaired) electrons. The first kappa shape index (κ1) is 13.7. The van der Waals surface area contributed by atoms with Crippen LogP contribution in [-0.4, -0.2) is 19.2 Å². The van der Waals surface area contributed by atoms with Crippen molar-refractivity contribution in [2.75, 3.05) is 13.2 Å². The Kier molecular flexibility index (Phi) is 3.68. The Bertz CT molecular complexity index is 483. The van der Waals surface area contributed by atoms with Gasteiger partial charge in [-0.15, -0.1) is 0 Å². The zero-order valence-corrected chi connectivity index (χ0v) is 10.3. The summed E-state index contributed by atoms with van der Waals surface area (Å²) in [4.78, 5) is 11.6. The molecule has 0 spiro atoms. The number of hydrogen-bond acceptors (Lipinski definition) is 3. The molecule has 6 heteroatoms. The number of carbonyl (C=O) groups excluding carboxylic acids is 1. The number of rotatable bonds is 2. The highest BCUT2D eigenvalue weighted by Gasteiger charge is 2.38. The van der Waals surface area contributed by atoms with Gasteiger partial charge in [0, 0.05) is 5.56 Å². The normalized spacial score (nSPS) is 18.4. The van der Waals surface area contributed by atoms with Gasteiger partial charge in [0.15, 0.2) is 0 Å². The molecule has 19 heavy (non-hydrogen) atoms. The van der Waals surface area contributed by atoms with Crippen LogP contribution in [0.1, 0.15) is 18.1 Å². The van der Waals surface area contributed by atoms with Crippen LogP contribution in [0, 0.1) is 5.92 Å². The summed E-state index contributed by atoms with van der Waals surface area (Å²) in [6, 6.07) is 3.77. The Morgan fingerprint density at radius 1 is 1.47 bits per heavy atom. The van der Waals surface area contributed by atoms with Crippen LogP contribution in [-0.2, 0) is 22.1 Å². The lowest BCUT2D eigenvalue weighted by atomic mass is 9.92. The molecule has 1 aliphatic rings. The van der Waals surface area contributed by atoms with Crippen LogP contribution in [0.5, 0.6) is 5.75 Å². The number of esters is 1. The van der Waals surface area contributed by atoms with E-state index in [-0.39, 0.29) is 30.9 Å². The predicted molar refractivity (Wildman–Crippen MR) is 60.8 cm³/mol. The summed E-state index contributed by atoms with van der Waals surface area (Å²) in [6.45, 7) is 1.90. The van der Waals surface area contributed by atoms with Crippen molar-refractivity contribution in [1.29, 1.82) is 0 Å². The van der Waals surface area contributed by atoms with Crippen molar-refractivity contribution in [3.8, 4) is 5.75 Å². The van der Waals surface area contributed by atoms with E-state index >= 15 is 0 Å². The summed E-state index contributed by atoms with van der Waals surface area (Å²) in [5.41, 5.74) is -0.724. The third-order valence-corrected chi connectivity index (χ3v) is 2.95. The molecule has 1 heterocycles. The van der Waals surface area contributed by atoms with E-state index in [1.165, 1.54) is 12.1 Å². The van der Waals surface area contributed by atoms with Gasteiger partial charge in [-0.1, -0.05) is 6.07 Å². The first-order valence-corrected chi connectivity index (χ1v) is 5.92. The van der Waals surface area contributed by atoms with Crippen molar-refractivity contribution < 1.29 is 27.4 Å². The van der Waals surface area contributed by atoms with Gasteiger partial charge >= 0.3 is 12.1 Å². The van der Waals surface area contributed by atoms with E-state index in [4.69, 9.17) is 9.47 Å². The van der Waals surface area contributed by atoms with E-state index in [1.54, 1.807) is 6.92 Å². The quantitative estimate of drug-likeness (QED) is 0.778. The van der Waals surface area contributed by atoms with Crippen LogP contribution < -0.4 is 4.74 Å². The standard InChI is InChI=1S/C13H13F3O3/c1-2-18-12(17)8-6-9-10(13(14,15)16)4-3-5-11(9)19-7-8/h3-5,8H,2,6-7H2,1H3. The molecule has 0 amide bonds. The molecule has 1 aliphatic heterocycles. The molecule has 2 rings (SSSR count). The van der Waals surface area contributed by atoms with E-state index in [9.17, 15) is 18.0 Å². The fourth-order valence-electron chi connectivity index (χ4n) is 2.08. The maximum Gasteiger partial charge on any atom is 0.416 e. The molecular weight excluding hydrogens is 261 g/mol. The highest BCUT2D eigenvalue weighted by molar-refractivity contribution is 5.73. The highest BCUT2D eigenvalue weighted by Crippen LogP contribution is 2.39. The Morgan fingerprint density at radius 3 is 2.84 bits per heavy atom. The molecule has 0 aromatic heterocycles. The first-order valence-electron chi connectivity index (χ1n) is 5.92. The molecule has 1 aromatic carbocycles. The number of alkyl halides is 3. The number of benzene rings is 1. The Labute approximate surface area is 108 Å². The van der Waals surface area contributed by atoms with Gasteiger partial charge < -0.3 is 9.47 Å². The SMILES string of the molecule is CCOC(=O)C1COc2cccc(C(F)(F)F)c2C1. The smallest absolute Gasteiger partial charge is 0.416 e. The predicted octanol–water partition coefficient (Wildman–Crippen LogP) is 2.82. The molecule has 0 saturated carbocycles. The minimum absolute atomic E-state index is 0.0101. The van der Waals surface area contributed by atoms with Crippen molar-refractivity contribution >= 4 is 5.97 Å². The Morgan fingerprint density at radius 2 is 2.21 bits per heavy atom. The third kappa shape index (κ3) is 2.83. The highest BCUT2D eigenvalue weighted by atomic mass is 19.4. The van der Waals surface area contributed by atoms with Crippen molar-refractivity contribution in [2.45, 2.75) is 19.5 Å².